The number of halogens is 1. The molecule has 0 aliphatic rings. The van der Waals surface area contributed by atoms with Gasteiger partial charge in [-0.25, -0.2) is 4.79 Å². The molecule has 4 aromatic rings. The Morgan fingerprint density at radius 1 is 1.08 bits per heavy atom. The van der Waals surface area contributed by atoms with Gasteiger partial charge < -0.3 is 9.73 Å². The fourth-order valence-electron chi connectivity index (χ4n) is 2.58. The Bertz CT molecular complexity index is 1180. The molecule has 0 bridgehead atoms. The highest BCUT2D eigenvalue weighted by molar-refractivity contribution is 6.30. The molecule has 0 aliphatic heterocycles. The lowest BCUT2D eigenvalue weighted by molar-refractivity contribution is 0.102. The minimum atomic E-state index is -0.416. The van der Waals surface area contributed by atoms with Crippen LogP contribution in [0.15, 0.2) is 69.9 Å². The van der Waals surface area contributed by atoms with Crippen molar-refractivity contribution in [1.82, 2.24) is 10.2 Å². The lowest BCUT2D eigenvalue weighted by atomic mass is 10.1. The largest absolute Gasteiger partial charge is 0.423 e. The standard InChI is InChI=1S/C19H12ClN3O3/c20-13-3-1-2-11(8-13)15-10-16(23-22-15)19(25)21-14-5-6-17-12(9-14)4-7-18(24)26-17/h1-10H,(H,21,25)(H,22,23). The van der Waals surface area contributed by atoms with E-state index in [0.29, 0.717) is 33.1 Å². The van der Waals surface area contributed by atoms with Crippen LogP contribution in [0.3, 0.4) is 0 Å². The number of carbonyl (C=O) groups excluding carboxylic acids is 1. The van der Waals surface area contributed by atoms with Gasteiger partial charge in [0.1, 0.15) is 11.3 Å². The molecule has 0 aliphatic carbocycles. The quantitative estimate of drug-likeness (QED) is 0.535. The Balaban J connectivity index is 1.57. The van der Waals surface area contributed by atoms with Crippen LogP contribution < -0.4 is 10.9 Å². The molecule has 2 heterocycles. The molecule has 128 valence electrons. The minimum Gasteiger partial charge on any atom is -0.423 e. The maximum Gasteiger partial charge on any atom is 0.336 e. The molecular weight excluding hydrogens is 354 g/mol. The molecule has 0 radical (unpaired) electrons. The molecule has 0 fully saturated rings. The first-order chi connectivity index (χ1) is 12.6. The number of rotatable bonds is 3. The van der Waals surface area contributed by atoms with Crippen LogP contribution in [-0.2, 0) is 0 Å². The number of hydrogen-bond acceptors (Lipinski definition) is 4. The summed E-state index contributed by atoms with van der Waals surface area (Å²) in [4.78, 5) is 23.6. The number of benzene rings is 2. The van der Waals surface area contributed by atoms with Crippen molar-refractivity contribution < 1.29 is 9.21 Å². The summed E-state index contributed by atoms with van der Waals surface area (Å²) in [7, 11) is 0. The number of fused-ring (bicyclic) bond motifs is 1. The van der Waals surface area contributed by atoms with Gasteiger partial charge in [0.05, 0.1) is 5.69 Å². The van der Waals surface area contributed by atoms with Gasteiger partial charge in [0.25, 0.3) is 5.91 Å². The second-order valence-electron chi connectivity index (χ2n) is 5.64. The van der Waals surface area contributed by atoms with E-state index in [2.05, 4.69) is 15.5 Å². The van der Waals surface area contributed by atoms with Crippen LogP contribution in [-0.4, -0.2) is 16.1 Å². The van der Waals surface area contributed by atoms with Crippen LogP contribution in [0.25, 0.3) is 22.2 Å². The normalized spacial score (nSPS) is 10.8. The van der Waals surface area contributed by atoms with E-state index in [1.807, 2.05) is 12.1 Å². The van der Waals surface area contributed by atoms with Gasteiger partial charge in [-0.2, -0.15) is 5.10 Å². The Labute approximate surface area is 152 Å². The zero-order valence-corrected chi connectivity index (χ0v) is 14.1. The molecule has 7 heteroatoms. The number of aromatic nitrogens is 2. The SMILES string of the molecule is O=C(Nc1ccc2oc(=O)ccc2c1)c1cc(-c2cccc(Cl)c2)n[nH]1. The number of nitrogens with zero attached hydrogens (tertiary/aromatic N) is 1. The van der Waals surface area contributed by atoms with Gasteiger partial charge in [0.15, 0.2) is 0 Å². The minimum absolute atomic E-state index is 0.319. The fourth-order valence-corrected chi connectivity index (χ4v) is 2.77. The van der Waals surface area contributed by atoms with E-state index in [0.717, 1.165) is 5.56 Å². The average Bonchev–Trinajstić information content (AvgIpc) is 3.12. The highest BCUT2D eigenvalue weighted by atomic mass is 35.5. The van der Waals surface area contributed by atoms with Gasteiger partial charge in [-0.3, -0.25) is 9.89 Å². The Morgan fingerprint density at radius 3 is 2.81 bits per heavy atom. The highest BCUT2D eigenvalue weighted by Gasteiger charge is 2.12. The molecule has 0 atom stereocenters. The van der Waals surface area contributed by atoms with Crippen molar-refractivity contribution in [1.29, 1.82) is 0 Å². The van der Waals surface area contributed by atoms with Crippen molar-refractivity contribution in [2.45, 2.75) is 0 Å². The van der Waals surface area contributed by atoms with E-state index >= 15 is 0 Å². The Morgan fingerprint density at radius 2 is 1.96 bits per heavy atom. The van der Waals surface area contributed by atoms with E-state index in [9.17, 15) is 9.59 Å². The van der Waals surface area contributed by atoms with Crippen LogP contribution in [0.5, 0.6) is 0 Å². The third kappa shape index (κ3) is 3.22. The molecule has 2 aromatic carbocycles. The van der Waals surface area contributed by atoms with E-state index in [4.69, 9.17) is 16.0 Å². The summed E-state index contributed by atoms with van der Waals surface area (Å²) in [6.07, 6.45) is 0. The van der Waals surface area contributed by atoms with Gasteiger partial charge in [-0.15, -0.1) is 0 Å². The van der Waals surface area contributed by atoms with Crippen molar-refractivity contribution in [3.63, 3.8) is 0 Å². The molecule has 4 rings (SSSR count). The maximum absolute atomic E-state index is 12.4. The second kappa shape index (κ2) is 6.50. The molecule has 2 N–H and O–H groups in total. The highest BCUT2D eigenvalue weighted by Crippen LogP contribution is 2.22. The molecule has 0 unspecified atom stereocenters. The molecule has 0 saturated carbocycles. The Kier molecular flexibility index (Phi) is 4.02. The lowest BCUT2D eigenvalue weighted by Gasteiger charge is -2.04. The van der Waals surface area contributed by atoms with Crippen LogP contribution in [0.1, 0.15) is 10.5 Å². The molecule has 26 heavy (non-hydrogen) atoms. The van der Waals surface area contributed by atoms with Crippen molar-refractivity contribution in [3.05, 3.63) is 81.8 Å². The summed E-state index contributed by atoms with van der Waals surface area (Å²) in [5.74, 6) is -0.331. The summed E-state index contributed by atoms with van der Waals surface area (Å²) in [6, 6.07) is 16.9. The number of H-pyrrole nitrogens is 1. The first kappa shape index (κ1) is 16.1. The molecular formula is C19H12ClN3O3. The van der Waals surface area contributed by atoms with Crippen LogP contribution in [0, 0.1) is 0 Å². The van der Waals surface area contributed by atoms with Crippen molar-refractivity contribution >= 4 is 34.2 Å². The molecule has 0 saturated heterocycles. The number of hydrogen-bond donors (Lipinski definition) is 2. The second-order valence-corrected chi connectivity index (χ2v) is 6.07. The summed E-state index contributed by atoms with van der Waals surface area (Å²) in [5.41, 5.74) is 2.38. The van der Waals surface area contributed by atoms with Gasteiger partial charge in [-0.1, -0.05) is 23.7 Å². The number of aromatic amines is 1. The van der Waals surface area contributed by atoms with Gasteiger partial charge >= 0.3 is 5.63 Å². The summed E-state index contributed by atoms with van der Waals surface area (Å²) in [5, 5.41) is 11.0. The smallest absolute Gasteiger partial charge is 0.336 e. The molecule has 1 amide bonds. The number of amides is 1. The topological polar surface area (TPSA) is 88.0 Å². The third-order valence-electron chi connectivity index (χ3n) is 3.82. The molecule has 6 nitrogen and oxygen atoms in total. The summed E-state index contributed by atoms with van der Waals surface area (Å²) < 4.78 is 5.07. The lowest BCUT2D eigenvalue weighted by Crippen LogP contribution is -2.12. The van der Waals surface area contributed by atoms with Crippen LogP contribution >= 0.6 is 11.6 Å². The van der Waals surface area contributed by atoms with Gasteiger partial charge in [-0.05, 0) is 42.5 Å². The number of nitrogens with one attached hydrogen (secondary N) is 2. The first-order valence-electron chi connectivity index (χ1n) is 7.75. The predicted molar refractivity (Wildman–Crippen MR) is 99.5 cm³/mol. The average molecular weight is 366 g/mol. The number of anilines is 1. The van der Waals surface area contributed by atoms with Crippen molar-refractivity contribution in [2.24, 2.45) is 0 Å². The van der Waals surface area contributed by atoms with Crippen LogP contribution in [0.2, 0.25) is 5.02 Å². The maximum atomic E-state index is 12.4. The van der Waals surface area contributed by atoms with Gasteiger partial charge in [0.2, 0.25) is 0 Å². The van der Waals surface area contributed by atoms with Crippen LogP contribution in [0.4, 0.5) is 5.69 Å². The zero-order valence-electron chi connectivity index (χ0n) is 13.3. The summed E-state index contributed by atoms with van der Waals surface area (Å²) in [6.45, 7) is 0. The van der Waals surface area contributed by atoms with E-state index in [-0.39, 0.29) is 5.91 Å². The predicted octanol–water partition coefficient (Wildman–Crippen LogP) is 4.09. The van der Waals surface area contributed by atoms with Crippen molar-refractivity contribution in [3.8, 4) is 11.3 Å². The van der Waals surface area contributed by atoms with E-state index in [1.165, 1.54) is 6.07 Å². The molecule has 0 spiro atoms. The van der Waals surface area contributed by atoms with E-state index < -0.39 is 5.63 Å². The molecule has 2 aromatic heterocycles. The van der Waals surface area contributed by atoms with Crippen molar-refractivity contribution in [2.75, 3.05) is 5.32 Å². The monoisotopic (exact) mass is 365 g/mol. The summed E-state index contributed by atoms with van der Waals surface area (Å²) >= 11 is 5.98. The zero-order chi connectivity index (χ0) is 18.1. The fraction of sp³-hybridized carbons (Fsp3) is 0. The van der Waals surface area contributed by atoms with E-state index in [1.54, 1.807) is 42.5 Å². The first-order valence-corrected chi connectivity index (χ1v) is 8.13. The third-order valence-corrected chi connectivity index (χ3v) is 4.06. The number of carbonyl (C=O) groups is 1. The van der Waals surface area contributed by atoms with Gasteiger partial charge in [0, 0.05) is 27.7 Å². The Hall–Kier alpha value is -3.38.